The third kappa shape index (κ3) is 5.52. The van der Waals surface area contributed by atoms with Crippen molar-refractivity contribution in [1.29, 1.82) is 0 Å². The second-order valence-corrected chi connectivity index (χ2v) is 16.4. The van der Waals surface area contributed by atoms with Gasteiger partial charge in [-0.05, 0) is 88.3 Å². The first-order valence-corrected chi connectivity index (χ1v) is 21.6. The first-order valence-electron chi connectivity index (χ1n) is 21.6. The summed E-state index contributed by atoms with van der Waals surface area (Å²) >= 11 is 0. The first-order chi connectivity index (χ1) is 31.3. The van der Waals surface area contributed by atoms with E-state index in [0.29, 0.717) is 0 Å². The number of benzene rings is 10. The van der Waals surface area contributed by atoms with Crippen LogP contribution in [0.4, 0.5) is 0 Å². The molecule has 3 heterocycles. The molecule has 0 amide bonds. The first kappa shape index (κ1) is 35.3. The summed E-state index contributed by atoms with van der Waals surface area (Å²) in [5.74, 6) is 0. The molecule has 0 unspecified atom stereocenters. The van der Waals surface area contributed by atoms with Crippen molar-refractivity contribution < 1.29 is 0 Å². The molecule has 294 valence electrons. The highest BCUT2D eigenvalue weighted by Gasteiger charge is 2.22. The molecule has 0 atom stereocenters. The van der Waals surface area contributed by atoms with E-state index in [0.717, 1.165) is 50.3 Å². The van der Waals surface area contributed by atoms with E-state index in [1.165, 1.54) is 65.5 Å². The van der Waals surface area contributed by atoms with Crippen molar-refractivity contribution in [1.82, 2.24) is 18.9 Å². The smallest absolute Gasteiger partial charge is 0.101 e. The van der Waals surface area contributed by atoms with Gasteiger partial charge in [-0.3, -0.25) is 0 Å². The summed E-state index contributed by atoms with van der Waals surface area (Å²) < 4.78 is 7.01. The maximum absolute atomic E-state index is 5.49. The molecule has 3 aromatic heterocycles. The Kier molecular flexibility index (Phi) is 7.87. The fraction of sp³-hybridized carbons (Fsp3) is 0. The Morgan fingerprint density at radius 1 is 0.302 bits per heavy atom. The molecule has 0 aliphatic rings. The molecule has 4 heteroatoms. The molecule has 13 rings (SSSR count). The largest absolute Gasteiger partial charge is 0.309 e. The number of hydrogen-bond donors (Lipinski definition) is 0. The van der Waals surface area contributed by atoms with Gasteiger partial charge in [-0.25, -0.2) is 4.68 Å². The summed E-state index contributed by atoms with van der Waals surface area (Å²) in [6.45, 7) is 0. The van der Waals surface area contributed by atoms with E-state index in [9.17, 15) is 0 Å². The molecular weight excluding hydrogens is 765 g/mol. The van der Waals surface area contributed by atoms with Gasteiger partial charge < -0.3 is 9.13 Å². The Labute approximate surface area is 363 Å². The number of nitrogens with zero attached hydrogens (tertiary/aromatic N) is 4. The number of hydrogen-bond acceptors (Lipinski definition) is 1. The molecule has 0 bridgehead atoms. The summed E-state index contributed by atoms with van der Waals surface area (Å²) in [5, 5.41) is 13.9. The third-order valence-corrected chi connectivity index (χ3v) is 12.8. The number of fused-ring (bicyclic) bond motifs is 9. The van der Waals surface area contributed by atoms with Gasteiger partial charge in [0.25, 0.3) is 0 Å². The van der Waals surface area contributed by atoms with Gasteiger partial charge in [-0.15, -0.1) is 0 Å². The van der Waals surface area contributed by atoms with E-state index in [2.05, 4.69) is 244 Å². The number of para-hydroxylation sites is 4. The zero-order valence-electron chi connectivity index (χ0n) is 34.2. The Hall–Kier alpha value is -8.47. The predicted molar refractivity (Wildman–Crippen MR) is 264 cm³/mol. The van der Waals surface area contributed by atoms with Crippen molar-refractivity contribution in [3.05, 3.63) is 231 Å². The van der Waals surface area contributed by atoms with Crippen LogP contribution < -0.4 is 0 Å². The maximum atomic E-state index is 5.49. The average Bonchev–Trinajstić information content (AvgIpc) is 4.03. The second kappa shape index (κ2) is 14.1. The quantitative estimate of drug-likeness (QED) is 0.165. The number of aromatic nitrogens is 4. The van der Waals surface area contributed by atoms with E-state index in [-0.39, 0.29) is 0 Å². The van der Waals surface area contributed by atoms with Crippen molar-refractivity contribution >= 4 is 65.3 Å². The molecule has 0 aliphatic carbocycles. The van der Waals surface area contributed by atoms with Gasteiger partial charge in [-0.2, -0.15) is 5.10 Å². The highest BCUT2D eigenvalue weighted by Crippen LogP contribution is 2.43. The van der Waals surface area contributed by atoms with Crippen LogP contribution in [0.2, 0.25) is 0 Å². The van der Waals surface area contributed by atoms with E-state index in [1.54, 1.807) is 0 Å². The fourth-order valence-electron chi connectivity index (χ4n) is 10.0. The molecule has 0 saturated heterocycles. The van der Waals surface area contributed by atoms with Crippen molar-refractivity contribution in [2.75, 3.05) is 0 Å². The van der Waals surface area contributed by atoms with Crippen molar-refractivity contribution in [3.8, 4) is 50.6 Å². The van der Waals surface area contributed by atoms with Crippen LogP contribution in [0, 0.1) is 0 Å². The van der Waals surface area contributed by atoms with Crippen LogP contribution in [0.1, 0.15) is 0 Å². The molecular formula is C59H38N4. The molecule has 4 nitrogen and oxygen atoms in total. The van der Waals surface area contributed by atoms with Crippen LogP contribution in [-0.2, 0) is 0 Å². The molecule has 63 heavy (non-hydrogen) atoms. The van der Waals surface area contributed by atoms with Crippen molar-refractivity contribution in [3.63, 3.8) is 0 Å². The normalized spacial score (nSPS) is 11.8. The third-order valence-electron chi connectivity index (χ3n) is 12.8. The van der Waals surface area contributed by atoms with Crippen LogP contribution in [0.25, 0.3) is 116 Å². The van der Waals surface area contributed by atoms with E-state index in [1.807, 2.05) is 0 Å². The van der Waals surface area contributed by atoms with Crippen LogP contribution >= 0.6 is 0 Å². The lowest BCUT2D eigenvalue weighted by Crippen LogP contribution is -2.00. The van der Waals surface area contributed by atoms with Gasteiger partial charge in [0.1, 0.15) is 5.69 Å². The lowest BCUT2D eigenvalue weighted by atomic mass is 9.94. The molecule has 0 aliphatic heterocycles. The highest BCUT2D eigenvalue weighted by atomic mass is 15.3. The van der Waals surface area contributed by atoms with Gasteiger partial charge in [0.2, 0.25) is 0 Å². The molecule has 0 saturated carbocycles. The standard InChI is InChI=1S/C59H38N4/c1-3-17-40(18-4-1)52-37-42-21-7-8-22-47(42)59-57(52)58(41-19-5-2-6-20-41)60-63(59)44-33-31-39(32-34-44)43-35-45(61-53-27-13-9-23-48(53)49-24-10-14-28-54(49)61)38-46(36-43)62-55-29-15-11-25-50(55)51-26-12-16-30-56(51)62/h1-38H. The fourth-order valence-corrected chi connectivity index (χ4v) is 10.0. The van der Waals surface area contributed by atoms with Gasteiger partial charge in [-0.1, -0.05) is 170 Å². The number of rotatable bonds is 6. The van der Waals surface area contributed by atoms with E-state index >= 15 is 0 Å². The lowest BCUT2D eigenvalue weighted by Gasteiger charge is -2.16. The Bertz CT molecular complexity index is 3650. The maximum Gasteiger partial charge on any atom is 0.101 e. The predicted octanol–water partition coefficient (Wildman–Crippen LogP) is 15.4. The van der Waals surface area contributed by atoms with Gasteiger partial charge in [0.15, 0.2) is 0 Å². The minimum Gasteiger partial charge on any atom is -0.309 e. The average molecular weight is 803 g/mol. The van der Waals surface area contributed by atoms with E-state index in [4.69, 9.17) is 5.10 Å². The van der Waals surface area contributed by atoms with Crippen LogP contribution in [0.5, 0.6) is 0 Å². The molecule has 0 radical (unpaired) electrons. The monoisotopic (exact) mass is 802 g/mol. The summed E-state index contributed by atoms with van der Waals surface area (Å²) in [6, 6.07) is 83.3. The minimum atomic E-state index is 0.967. The summed E-state index contributed by atoms with van der Waals surface area (Å²) in [5.41, 5.74) is 15.7. The second-order valence-electron chi connectivity index (χ2n) is 16.4. The zero-order valence-corrected chi connectivity index (χ0v) is 34.2. The lowest BCUT2D eigenvalue weighted by molar-refractivity contribution is 0.918. The van der Waals surface area contributed by atoms with Crippen LogP contribution in [-0.4, -0.2) is 18.9 Å². The Morgan fingerprint density at radius 3 is 1.27 bits per heavy atom. The van der Waals surface area contributed by atoms with Crippen LogP contribution in [0.3, 0.4) is 0 Å². The zero-order chi connectivity index (χ0) is 41.4. The molecule has 10 aromatic carbocycles. The van der Waals surface area contributed by atoms with Gasteiger partial charge in [0, 0.05) is 49.3 Å². The van der Waals surface area contributed by atoms with Crippen molar-refractivity contribution in [2.24, 2.45) is 0 Å². The van der Waals surface area contributed by atoms with Gasteiger partial charge >= 0.3 is 0 Å². The molecule has 0 fully saturated rings. The molecule has 13 aromatic rings. The van der Waals surface area contributed by atoms with Crippen LogP contribution in [0.15, 0.2) is 231 Å². The van der Waals surface area contributed by atoms with Crippen molar-refractivity contribution in [2.45, 2.75) is 0 Å². The summed E-state index contributed by atoms with van der Waals surface area (Å²) in [4.78, 5) is 0. The summed E-state index contributed by atoms with van der Waals surface area (Å²) in [7, 11) is 0. The summed E-state index contributed by atoms with van der Waals surface area (Å²) in [6.07, 6.45) is 0. The molecule has 0 N–H and O–H groups in total. The molecule has 0 spiro atoms. The minimum absolute atomic E-state index is 0.967. The topological polar surface area (TPSA) is 27.7 Å². The SMILES string of the molecule is c1ccc(-c2cc3ccccc3c3c2c(-c2ccccc2)nn3-c2ccc(-c3cc(-n4c5ccccc5c5ccccc54)cc(-n4c5ccccc5c5ccccc54)c3)cc2)cc1. The van der Waals surface area contributed by atoms with Gasteiger partial charge in [0.05, 0.1) is 33.3 Å². The van der Waals surface area contributed by atoms with E-state index < -0.39 is 0 Å². The highest BCUT2D eigenvalue weighted by molar-refractivity contribution is 6.17. The Morgan fingerprint density at radius 2 is 0.746 bits per heavy atom. The Balaban J connectivity index is 1.05.